The van der Waals surface area contributed by atoms with Crippen LogP contribution in [0.1, 0.15) is 6.42 Å². The predicted octanol–water partition coefficient (Wildman–Crippen LogP) is 2.87. The number of anilines is 2. The van der Waals surface area contributed by atoms with Crippen molar-refractivity contribution in [2.24, 2.45) is 0 Å². The monoisotopic (exact) mass is 337 g/mol. The molecule has 0 bridgehead atoms. The van der Waals surface area contributed by atoms with Crippen LogP contribution in [0.25, 0.3) is 0 Å². The highest BCUT2D eigenvalue weighted by Crippen LogP contribution is 2.24. The lowest BCUT2D eigenvalue weighted by molar-refractivity contribution is -0.385. The van der Waals surface area contributed by atoms with Crippen LogP contribution in [0.3, 0.4) is 0 Å². The standard InChI is InChI=1S/C14H13ClFN5O2/c15-9-5-12(16)14(18-6-9)20-4-3-10(8-20)19-13-2-1-11(7-17-13)21(22)23/h1-2,5-7,10H,3-4,8H2,(H,17,19)/t10-/m0/s1. The van der Waals surface area contributed by atoms with Crippen molar-refractivity contribution in [3.63, 3.8) is 0 Å². The van der Waals surface area contributed by atoms with E-state index in [1.807, 2.05) is 4.90 Å². The number of hydrogen-bond donors (Lipinski definition) is 1. The fourth-order valence-corrected chi connectivity index (χ4v) is 2.64. The van der Waals surface area contributed by atoms with Gasteiger partial charge in [0.15, 0.2) is 11.6 Å². The van der Waals surface area contributed by atoms with E-state index in [0.717, 1.165) is 6.42 Å². The molecule has 1 atom stereocenters. The average Bonchev–Trinajstić information content (AvgIpc) is 2.96. The Balaban J connectivity index is 1.64. The lowest BCUT2D eigenvalue weighted by atomic mass is 10.2. The van der Waals surface area contributed by atoms with Gasteiger partial charge in [-0.05, 0) is 18.6 Å². The Morgan fingerprint density at radius 1 is 1.39 bits per heavy atom. The molecule has 0 aromatic carbocycles. The third kappa shape index (κ3) is 3.48. The molecule has 0 spiro atoms. The van der Waals surface area contributed by atoms with Crippen molar-refractivity contribution in [2.75, 3.05) is 23.3 Å². The van der Waals surface area contributed by atoms with Crippen LogP contribution in [0, 0.1) is 15.9 Å². The molecule has 0 saturated carbocycles. The molecular formula is C14H13ClFN5O2. The summed E-state index contributed by atoms with van der Waals surface area (Å²) < 4.78 is 13.9. The number of aromatic nitrogens is 2. The number of nitro groups is 1. The highest BCUT2D eigenvalue weighted by Gasteiger charge is 2.25. The molecule has 120 valence electrons. The smallest absolute Gasteiger partial charge is 0.287 e. The van der Waals surface area contributed by atoms with Crippen molar-refractivity contribution in [2.45, 2.75) is 12.5 Å². The molecule has 3 heterocycles. The van der Waals surface area contributed by atoms with Crippen molar-refractivity contribution in [3.05, 3.63) is 51.5 Å². The average molecular weight is 338 g/mol. The van der Waals surface area contributed by atoms with Crippen LogP contribution in [0.15, 0.2) is 30.6 Å². The zero-order chi connectivity index (χ0) is 16.4. The van der Waals surface area contributed by atoms with E-state index in [-0.39, 0.29) is 22.6 Å². The molecule has 2 aromatic rings. The topological polar surface area (TPSA) is 84.2 Å². The normalized spacial score (nSPS) is 17.3. The summed E-state index contributed by atoms with van der Waals surface area (Å²) in [6.45, 7) is 1.21. The summed E-state index contributed by atoms with van der Waals surface area (Å²) in [6.07, 6.45) is 3.40. The Morgan fingerprint density at radius 2 is 2.22 bits per heavy atom. The summed E-state index contributed by atoms with van der Waals surface area (Å²) in [5.41, 5.74) is -0.0592. The molecule has 0 unspecified atom stereocenters. The van der Waals surface area contributed by atoms with Gasteiger partial charge in [0.1, 0.15) is 12.0 Å². The van der Waals surface area contributed by atoms with Crippen LogP contribution < -0.4 is 10.2 Å². The third-order valence-corrected chi connectivity index (χ3v) is 3.79. The third-order valence-electron chi connectivity index (χ3n) is 3.59. The predicted molar refractivity (Wildman–Crippen MR) is 84.3 cm³/mol. The summed E-state index contributed by atoms with van der Waals surface area (Å²) in [6, 6.07) is 4.24. The van der Waals surface area contributed by atoms with Crippen molar-refractivity contribution in [3.8, 4) is 0 Å². The second kappa shape index (κ2) is 6.33. The molecule has 1 fully saturated rings. The minimum Gasteiger partial charge on any atom is -0.365 e. The number of hydrogen-bond acceptors (Lipinski definition) is 6. The molecule has 3 rings (SSSR count). The van der Waals surface area contributed by atoms with Crippen LogP contribution in [0.2, 0.25) is 5.02 Å². The SMILES string of the molecule is O=[N+]([O-])c1ccc(N[C@H]2CCN(c3ncc(Cl)cc3F)C2)nc1. The van der Waals surface area contributed by atoms with Gasteiger partial charge in [-0.15, -0.1) is 0 Å². The van der Waals surface area contributed by atoms with Crippen LogP contribution in [0.4, 0.5) is 21.7 Å². The highest BCUT2D eigenvalue weighted by molar-refractivity contribution is 6.30. The fourth-order valence-electron chi connectivity index (χ4n) is 2.50. The number of rotatable bonds is 4. The largest absolute Gasteiger partial charge is 0.365 e. The van der Waals surface area contributed by atoms with Crippen molar-refractivity contribution in [1.82, 2.24) is 9.97 Å². The second-order valence-electron chi connectivity index (χ2n) is 5.19. The first kappa shape index (κ1) is 15.4. The zero-order valence-electron chi connectivity index (χ0n) is 11.9. The Hall–Kier alpha value is -2.48. The van der Waals surface area contributed by atoms with E-state index >= 15 is 0 Å². The maximum atomic E-state index is 13.9. The minimum atomic E-state index is -0.497. The molecule has 0 aliphatic carbocycles. The molecular weight excluding hydrogens is 325 g/mol. The van der Waals surface area contributed by atoms with E-state index < -0.39 is 10.7 Å². The molecule has 7 nitrogen and oxygen atoms in total. The van der Waals surface area contributed by atoms with E-state index in [1.54, 1.807) is 6.07 Å². The minimum absolute atomic E-state index is 0.0563. The van der Waals surface area contributed by atoms with Crippen LogP contribution >= 0.6 is 11.6 Å². The molecule has 1 aliphatic rings. The Kier molecular flexibility index (Phi) is 4.24. The molecule has 2 aromatic heterocycles. The number of pyridine rings is 2. The molecule has 9 heteroatoms. The quantitative estimate of drug-likeness (QED) is 0.682. The maximum Gasteiger partial charge on any atom is 0.287 e. The molecule has 1 N–H and O–H groups in total. The van der Waals surface area contributed by atoms with Gasteiger partial charge >= 0.3 is 0 Å². The van der Waals surface area contributed by atoms with E-state index in [1.165, 1.54) is 24.5 Å². The van der Waals surface area contributed by atoms with Crippen molar-refractivity contribution in [1.29, 1.82) is 0 Å². The van der Waals surface area contributed by atoms with Gasteiger partial charge in [-0.3, -0.25) is 10.1 Å². The zero-order valence-corrected chi connectivity index (χ0v) is 12.7. The lowest BCUT2D eigenvalue weighted by Gasteiger charge is -2.18. The molecule has 0 radical (unpaired) electrons. The molecule has 1 saturated heterocycles. The Bertz CT molecular complexity index is 728. The lowest BCUT2D eigenvalue weighted by Crippen LogP contribution is -2.27. The first-order chi connectivity index (χ1) is 11.0. The summed E-state index contributed by atoms with van der Waals surface area (Å²) in [5.74, 6) is 0.369. The van der Waals surface area contributed by atoms with Gasteiger partial charge in [-0.1, -0.05) is 11.6 Å². The maximum absolute atomic E-state index is 13.9. The van der Waals surface area contributed by atoms with E-state index in [0.29, 0.717) is 18.9 Å². The van der Waals surface area contributed by atoms with Gasteiger partial charge in [-0.2, -0.15) is 0 Å². The van der Waals surface area contributed by atoms with Crippen LogP contribution in [0.5, 0.6) is 0 Å². The molecule has 23 heavy (non-hydrogen) atoms. The van der Waals surface area contributed by atoms with Gasteiger partial charge in [-0.25, -0.2) is 14.4 Å². The summed E-state index contributed by atoms with van der Waals surface area (Å²) in [4.78, 5) is 20.0. The Labute approximate surface area is 136 Å². The fraction of sp³-hybridized carbons (Fsp3) is 0.286. The number of halogens is 2. The summed E-state index contributed by atoms with van der Waals surface area (Å²) >= 11 is 5.71. The van der Waals surface area contributed by atoms with E-state index in [9.17, 15) is 14.5 Å². The summed E-state index contributed by atoms with van der Waals surface area (Å²) in [7, 11) is 0. The first-order valence-corrected chi connectivity index (χ1v) is 7.33. The summed E-state index contributed by atoms with van der Waals surface area (Å²) in [5, 5.41) is 14.0. The first-order valence-electron chi connectivity index (χ1n) is 6.96. The molecule has 1 aliphatic heterocycles. The van der Waals surface area contributed by atoms with Gasteiger partial charge in [0.05, 0.1) is 9.95 Å². The van der Waals surface area contributed by atoms with Gasteiger partial charge < -0.3 is 10.2 Å². The van der Waals surface area contributed by atoms with Crippen LogP contribution in [-0.4, -0.2) is 34.0 Å². The van der Waals surface area contributed by atoms with Gasteiger partial charge in [0, 0.05) is 31.4 Å². The van der Waals surface area contributed by atoms with Crippen molar-refractivity contribution < 1.29 is 9.31 Å². The molecule has 0 amide bonds. The van der Waals surface area contributed by atoms with E-state index in [2.05, 4.69) is 15.3 Å². The van der Waals surface area contributed by atoms with Crippen LogP contribution in [-0.2, 0) is 0 Å². The number of nitrogens with zero attached hydrogens (tertiary/aromatic N) is 4. The highest BCUT2D eigenvalue weighted by atomic mass is 35.5. The van der Waals surface area contributed by atoms with E-state index in [4.69, 9.17) is 11.6 Å². The Morgan fingerprint density at radius 3 is 2.87 bits per heavy atom. The van der Waals surface area contributed by atoms with Gasteiger partial charge in [0.25, 0.3) is 5.69 Å². The van der Waals surface area contributed by atoms with Gasteiger partial charge in [0.2, 0.25) is 0 Å². The second-order valence-corrected chi connectivity index (χ2v) is 5.63. The number of nitrogens with one attached hydrogen (secondary N) is 1. The van der Waals surface area contributed by atoms with Crippen molar-refractivity contribution >= 4 is 28.9 Å².